The number of furan rings is 1. The molecule has 0 N–H and O–H groups in total. The van der Waals surface area contributed by atoms with Gasteiger partial charge in [-0.05, 0) is 42.7 Å². The summed E-state index contributed by atoms with van der Waals surface area (Å²) in [5, 5.41) is 0. The Labute approximate surface area is 183 Å². The van der Waals surface area contributed by atoms with Crippen molar-refractivity contribution >= 4 is 11.8 Å². The van der Waals surface area contributed by atoms with Crippen molar-refractivity contribution in [1.82, 2.24) is 9.80 Å². The van der Waals surface area contributed by atoms with E-state index in [1.54, 1.807) is 40.3 Å². The number of carbonyl (C=O) groups is 2. The molecule has 31 heavy (non-hydrogen) atoms. The summed E-state index contributed by atoms with van der Waals surface area (Å²) in [6, 6.07) is 9.62. The molecule has 2 aromatic rings. The average molecular weight is 431 g/mol. The van der Waals surface area contributed by atoms with Gasteiger partial charge in [0.05, 0.1) is 25.5 Å². The summed E-state index contributed by atoms with van der Waals surface area (Å²) >= 11 is 0. The second-order valence-electron chi connectivity index (χ2n) is 9.03. The minimum atomic E-state index is -0.609. The highest BCUT2D eigenvalue weighted by Crippen LogP contribution is 2.21. The molecule has 7 heteroatoms. The lowest BCUT2D eigenvalue weighted by molar-refractivity contribution is -0.147. The van der Waals surface area contributed by atoms with Crippen molar-refractivity contribution in [2.75, 3.05) is 19.7 Å². The number of nitrogens with zero attached hydrogens (tertiary/aromatic N) is 2. The van der Waals surface area contributed by atoms with Crippen LogP contribution in [0, 0.1) is 11.2 Å². The van der Waals surface area contributed by atoms with Crippen LogP contribution in [0.15, 0.2) is 47.1 Å². The van der Waals surface area contributed by atoms with E-state index in [-0.39, 0.29) is 43.4 Å². The first kappa shape index (κ1) is 23.0. The number of benzene rings is 1. The zero-order valence-corrected chi connectivity index (χ0v) is 18.5. The Balaban J connectivity index is 1.77. The Morgan fingerprint density at radius 1 is 1.10 bits per heavy atom. The molecule has 0 bridgehead atoms. The molecule has 0 spiro atoms. The van der Waals surface area contributed by atoms with Crippen LogP contribution < -0.4 is 0 Å². The van der Waals surface area contributed by atoms with E-state index in [9.17, 15) is 14.0 Å². The lowest BCUT2D eigenvalue weighted by Crippen LogP contribution is -2.48. The Kier molecular flexibility index (Phi) is 7.49. The van der Waals surface area contributed by atoms with Crippen LogP contribution >= 0.6 is 0 Å². The molecule has 1 unspecified atom stereocenters. The van der Waals surface area contributed by atoms with Crippen LogP contribution in [0.3, 0.4) is 0 Å². The SMILES string of the molecule is CC(C)(C)C(=O)N(CC(=O)N(Cc1ccc(F)cc1)Cc1ccco1)CC1CCCO1. The van der Waals surface area contributed by atoms with Gasteiger partial charge in [-0.1, -0.05) is 32.9 Å². The summed E-state index contributed by atoms with van der Waals surface area (Å²) in [5.41, 5.74) is 0.191. The van der Waals surface area contributed by atoms with Crippen molar-refractivity contribution < 1.29 is 23.1 Å². The molecule has 2 heterocycles. The third kappa shape index (κ3) is 6.66. The first-order valence-corrected chi connectivity index (χ1v) is 10.7. The van der Waals surface area contributed by atoms with Gasteiger partial charge in [0.2, 0.25) is 11.8 Å². The molecule has 168 valence electrons. The van der Waals surface area contributed by atoms with Crippen molar-refractivity contribution in [2.45, 2.75) is 52.8 Å². The predicted octanol–water partition coefficient (Wildman–Crippen LogP) is 4.00. The maximum Gasteiger partial charge on any atom is 0.242 e. The van der Waals surface area contributed by atoms with Gasteiger partial charge in [-0.2, -0.15) is 0 Å². The van der Waals surface area contributed by atoms with Gasteiger partial charge < -0.3 is 19.0 Å². The number of halogens is 1. The number of hydrogen-bond donors (Lipinski definition) is 0. The van der Waals surface area contributed by atoms with Gasteiger partial charge in [-0.15, -0.1) is 0 Å². The molecule has 2 amide bonds. The minimum Gasteiger partial charge on any atom is -0.467 e. The molecule has 0 radical (unpaired) electrons. The van der Waals surface area contributed by atoms with E-state index in [4.69, 9.17) is 9.15 Å². The van der Waals surface area contributed by atoms with Crippen LogP contribution in [0.2, 0.25) is 0 Å². The molecule has 1 atom stereocenters. The summed E-state index contributed by atoms with van der Waals surface area (Å²) in [7, 11) is 0. The monoisotopic (exact) mass is 430 g/mol. The van der Waals surface area contributed by atoms with E-state index in [0.29, 0.717) is 18.9 Å². The fourth-order valence-electron chi connectivity index (χ4n) is 3.62. The van der Waals surface area contributed by atoms with Crippen molar-refractivity contribution in [2.24, 2.45) is 5.41 Å². The average Bonchev–Trinajstić information content (AvgIpc) is 3.41. The molecule has 1 aliphatic rings. The molecule has 1 aliphatic heterocycles. The van der Waals surface area contributed by atoms with E-state index >= 15 is 0 Å². The van der Waals surface area contributed by atoms with Gasteiger partial charge in [0.25, 0.3) is 0 Å². The summed E-state index contributed by atoms with van der Waals surface area (Å²) in [4.78, 5) is 29.6. The van der Waals surface area contributed by atoms with Crippen molar-refractivity contribution in [3.05, 3.63) is 59.8 Å². The minimum absolute atomic E-state index is 0.0438. The molecular formula is C24H31FN2O4. The zero-order chi connectivity index (χ0) is 22.4. The molecule has 1 saturated heterocycles. The predicted molar refractivity (Wildman–Crippen MR) is 114 cm³/mol. The molecular weight excluding hydrogens is 399 g/mol. The molecule has 3 rings (SSSR count). The van der Waals surface area contributed by atoms with Crippen LogP contribution in [-0.2, 0) is 27.4 Å². The number of ether oxygens (including phenoxy) is 1. The van der Waals surface area contributed by atoms with Crippen LogP contribution in [0.4, 0.5) is 4.39 Å². The second-order valence-corrected chi connectivity index (χ2v) is 9.03. The summed E-state index contributed by atoms with van der Waals surface area (Å²) in [6.07, 6.45) is 3.36. The van der Waals surface area contributed by atoms with Gasteiger partial charge in [0.1, 0.15) is 11.6 Å². The number of hydrogen-bond acceptors (Lipinski definition) is 4. The first-order chi connectivity index (χ1) is 14.7. The van der Waals surface area contributed by atoms with Gasteiger partial charge in [0.15, 0.2) is 0 Å². The highest BCUT2D eigenvalue weighted by molar-refractivity contribution is 5.87. The Morgan fingerprint density at radius 2 is 1.84 bits per heavy atom. The van der Waals surface area contributed by atoms with Gasteiger partial charge in [-0.3, -0.25) is 9.59 Å². The van der Waals surface area contributed by atoms with Crippen LogP contribution in [-0.4, -0.2) is 47.4 Å². The van der Waals surface area contributed by atoms with E-state index in [2.05, 4.69) is 0 Å². The smallest absolute Gasteiger partial charge is 0.242 e. The number of rotatable bonds is 8. The maximum absolute atomic E-state index is 13.3. The van der Waals surface area contributed by atoms with Gasteiger partial charge in [-0.25, -0.2) is 4.39 Å². The van der Waals surface area contributed by atoms with E-state index in [1.807, 2.05) is 20.8 Å². The van der Waals surface area contributed by atoms with Crippen LogP contribution in [0.25, 0.3) is 0 Å². The molecule has 1 aromatic heterocycles. The van der Waals surface area contributed by atoms with E-state index in [1.165, 1.54) is 12.1 Å². The topological polar surface area (TPSA) is 63.0 Å². The summed E-state index contributed by atoms with van der Waals surface area (Å²) in [5.74, 6) is 0.0295. The molecule has 0 aliphatic carbocycles. The molecule has 0 saturated carbocycles. The normalized spacial score (nSPS) is 16.3. The Hall–Kier alpha value is -2.67. The maximum atomic E-state index is 13.3. The van der Waals surface area contributed by atoms with Crippen LogP contribution in [0.1, 0.15) is 44.9 Å². The van der Waals surface area contributed by atoms with E-state index in [0.717, 1.165) is 18.4 Å². The second kappa shape index (κ2) is 10.1. The van der Waals surface area contributed by atoms with Crippen molar-refractivity contribution in [3.8, 4) is 0 Å². The Morgan fingerprint density at radius 3 is 2.42 bits per heavy atom. The standard InChI is InChI=1S/C24H31FN2O4/c1-24(2,3)23(29)27(16-21-7-5-13-31-21)17-22(28)26(15-20-6-4-12-30-20)14-18-8-10-19(25)11-9-18/h4,6,8-12,21H,5,7,13-17H2,1-3H3. The summed E-state index contributed by atoms with van der Waals surface area (Å²) < 4.78 is 24.4. The highest BCUT2D eigenvalue weighted by atomic mass is 19.1. The first-order valence-electron chi connectivity index (χ1n) is 10.7. The number of carbonyl (C=O) groups excluding carboxylic acids is 2. The number of amides is 2. The quantitative estimate of drug-likeness (QED) is 0.635. The zero-order valence-electron chi connectivity index (χ0n) is 18.5. The lowest BCUT2D eigenvalue weighted by atomic mass is 9.94. The third-order valence-corrected chi connectivity index (χ3v) is 5.27. The Bertz CT molecular complexity index is 853. The highest BCUT2D eigenvalue weighted by Gasteiger charge is 2.32. The van der Waals surface area contributed by atoms with Crippen molar-refractivity contribution in [3.63, 3.8) is 0 Å². The largest absolute Gasteiger partial charge is 0.467 e. The fraction of sp³-hybridized carbons (Fsp3) is 0.500. The molecule has 1 aromatic carbocycles. The van der Waals surface area contributed by atoms with Crippen LogP contribution in [0.5, 0.6) is 0 Å². The lowest BCUT2D eigenvalue weighted by Gasteiger charge is -2.32. The molecule has 1 fully saturated rings. The molecule has 6 nitrogen and oxygen atoms in total. The third-order valence-electron chi connectivity index (χ3n) is 5.27. The van der Waals surface area contributed by atoms with Crippen molar-refractivity contribution in [1.29, 1.82) is 0 Å². The van der Waals surface area contributed by atoms with Gasteiger partial charge >= 0.3 is 0 Å². The fourth-order valence-corrected chi connectivity index (χ4v) is 3.62. The van der Waals surface area contributed by atoms with Gasteiger partial charge in [0, 0.05) is 25.1 Å². The van der Waals surface area contributed by atoms with E-state index < -0.39 is 5.41 Å². The summed E-state index contributed by atoms with van der Waals surface area (Å²) in [6.45, 7) is 7.14.